The van der Waals surface area contributed by atoms with Crippen molar-refractivity contribution in [3.8, 4) is 5.75 Å². The van der Waals surface area contributed by atoms with E-state index in [0.29, 0.717) is 0 Å². The molecule has 2 aromatic carbocycles. The predicted molar refractivity (Wildman–Crippen MR) is 82.5 cm³/mol. The van der Waals surface area contributed by atoms with E-state index < -0.39 is 0 Å². The minimum Gasteiger partial charge on any atom is -0.496 e. The average molecular weight is 270 g/mol. The van der Waals surface area contributed by atoms with Crippen LogP contribution in [0.3, 0.4) is 0 Å². The van der Waals surface area contributed by atoms with E-state index in [1.165, 1.54) is 16.7 Å². The molecule has 2 rings (SSSR count). The highest BCUT2D eigenvalue weighted by molar-refractivity contribution is 5.46. The molecular weight excluding hydrogens is 248 g/mol. The molecule has 0 saturated heterocycles. The number of aliphatic hydroxyl groups is 1. The number of ether oxygens (including phenoxy) is 1. The number of rotatable bonds is 5. The van der Waals surface area contributed by atoms with Gasteiger partial charge >= 0.3 is 0 Å². The molecule has 2 nitrogen and oxygen atoms in total. The van der Waals surface area contributed by atoms with E-state index in [0.717, 1.165) is 17.7 Å². The lowest BCUT2D eigenvalue weighted by molar-refractivity contribution is 0.281. The number of hydrogen-bond donors (Lipinski definition) is 1. The van der Waals surface area contributed by atoms with E-state index in [1.807, 2.05) is 18.2 Å². The lowest BCUT2D eigenvalue weighted by Crippen LogP contribution is -2.06. The fourth-order valence-electron chi connectivity index (χ4n) is 2.72. The van der Waals surface area contributed by atoms with Crippen molar-refractivity contribution < 1.29 is 9.84 Å². The molecule has 106 valence electrons. The van der Waals surface area contributed by atoms with Crippen molar-refractivity contribution in [3.63, 3.8) is 0 Å². The summed E-state index contributed by atoms with van der Waals surface area (Å²) in [5.74, 6) is 1.15. The van der Waals surface area contributed by atoms with Gasteiger partial charge in [0, 0.05) is 12.5 Å². The zero-order valence-electron chi connectivity index (χ0n) is 12.4. The maximum absolute atomic E-state index is 9.40. The van der Waals surface area contributed by atoms with Gasteiger partial charge in [0.05, 0.1) is 7.11 Å². The minimum absolute atomic E-state index is 0.185. The van der Waals surface area contributed by atoms with Gasteiger partial charge in [-0.25, -0.2) is 0 Å². The van der Waals surface area contributed by atoms with Crippen LogP contribution < -0.4 is 4.74 Å². The van der Waals surface area contributed by atoms with Crippen LogP contribution in [0.1, 0.15) is 34.6 Å². The van der Waals surface area contributed by atoms with Gasteiger partial charge in [-0.2, -0.15) is 0 Å². The molecule has 0 aromatic heterocycles. The van der Waals surface area contributed by atoms with Gasteiger partial charge in [-0.05, 0) is 48.6 Å². The van der Waals surface area contributed by atoms with E-state index in [9.17, 15) is 5.11 Å². The molecule has 0 spiro atoms. The summed E-state index contributed by atoms with van der Waals surface area (Å²) in [5, 5.41) is 9.40. The lowest BCUT2D eigenvalue weighted by Gasteiger charge is -2.21. The smallest absolute Gasteiger partial charge is 0.122 e. The van der Waals surface area contributed by atoms with Crippen molar-refractivity contribution in [2.45, 2.75) is 26.2 Å². The second-order valence-corrected chi connectivity index (χ2v) is 5.15. The summed E-state index contributed by atoms with van der Waals surface area (Å²) in [5.41, 5.74) is 4.85. The molecule has 0 aliphatic carbocycles. The van der Waals surface area contributed by atoms with Crippen LogP contribution in [0.15, 0.2) is 42.5 Å². The first-order chi connectivity index (χ1) is 9.67. The van der Waals surface area contributed by atoms with E-state index in [2.05, 4.69) is 38.1 Å². The van der Waals surface area contributed by atoms with E-state index >= 15 is 0 Å². The Kier molecular flexibility index (Phi) is 4.80. The minimum atomic E-state index is 0.185. The summed E-state index contributed by atoms with van der Waals surface area (Å²) in [6, 6.07) is 14.6. The normalized spacial score (nSPS) is 12.2. The molecule has 0 amide bonds. The molecule has 0 saturated carbocycles. The van der Waals surface area contributed by atoms with Crippen LogP contribution in [0, 0.1) is 13.8 Å². The van der Waals surface area contributed by atoms with Gasteiger partial charge < -0.3 is 9.84 Å². The molecule has 20 heavy (non-hydrogen) atoms. The Morgan fingerprint density at radius 3 is 2.35 bits per heavy atom. The van der Waals surface area contributed by atoms with Gasteiger partial charge in [0.1, 0.15) is 5.75 Å². The summed E-state index contributed by atoms with van der Waals surface area (Å²) in [7, 11) is 1.70. The van der Waals surface area contributed by atoms with Gasteiger partial charge in [-0.3, -0.25) is 0 Å². The van der Waals surface area contributed by atoms with E-state index in [1.54, 1.807) is 7.11 Å². The topological polar surface area (TPSA) is 29.5 Å². The van der Waals surface area contributed by atoms with Crippen molar-refractivity contribution in [1.82, 2.24) is 0 Å². The van der Waals surface area contributed by atoms with Crippen LogP contribution in [-0.2, 0) is 0 Å². The fraction of sp³-hybridized carbons (Fsp3) is 0.333. The van der Waals surface area contributed by atoms with Gasteiger partial charge in [-0.15, -0.1) is 0 Å². The third-order valence-corrected chi connectivity index (χ3v) is 3.78. The number of aryl methyl sites for hydroxylation is 2. The number of hydrogen-bond acceptors (Lipinski definition) is 2. The highest BCUT2D eigenvalue weighted by atomic mass is 16.5. The monoisotopic (exact) mass is 270 g/mol. The van der Waals surface area contributed by atoms with Crippen LogP contribution in [0.25, 0.3) is 0 Å². The Bertz CT molecular complexity index is 561. The maximum atomic E-state index is 9.40. The molecule has 0 aliphatic rings. The Balaban J connectivity index is 2.47. The average Bonchev–Trinajstić information content (AvgIpc) is 2.48. The van der Waals surface area contributed by atoms with E-state index in [-0.39, 0.29) is 12.5 Å². The Morgan fingerprint density at radius 1 is 1.05 bits per heavy atom. The molecular formula is C18H22O2. The lowest BCUT2D eigenvalue weighted by atomic mass is 9.85. The second kappa shape index (κ2) is 6.58. The number of methoxy groups -OCH3 is 1. The Hall–Kier alpha value is -1.80. The Labute approximate surface area is 121 Å². The fourth-order valence-corrected chi connectivity index (χ4v) is 2.72. The number of aliphatic hydroxyl groups excluding tert-OH is 1. The number of benzene rings is 2. The van der Waals surface area contributed by atoms with Crippen LogP contribution in [0.2, 0.25) is 0 Å². The van der Waals surface area contributed by atoms with Crippen LogP contribution >= 0.6 is 0 Å². The van der Waals surface area contributed by atoms with Crippen LogP contribution in [0.4, 0.5) is 0 Å². The van der Waals surface area contributed by atoms with Crippen molar-refractivity contribution in [1.29, 1.82) is 0 Å². The first-order valence-corrected chi connectivity index (χ1v) is 6.98. The van der Waals surface area contributed by atoms with Gasteiger partial charge in [-0.1, -0.05) is 36.4 Å². The zero-order chi connectivity index (χ0) is 14.5. The molecule has 1 N–H and O–H groups in total. The third-order valence-electron chi connectivity index (χ3n) is 3.78. The molecule has 1 unspecified atom stereocenters. The molecule has 0 heterocycles. The maximum Gasteiger partial charge on any atom is 0.122 e. The van der Waals surface area contributed by atoms with Crippen LogP contribution in [-0.4, -0.2) is 18.8 Å². The third kappa shape index (κ3) is 3.02. The first-order valence-electron chi connectivity index (χ1n) is 6.98. The molecule has 0 radical (unpaired) electrons. The summed E-state index contributed by atoms with van der Waals surface area (Å²) in [4.78, 5) is 0. The SMILES string of the molecule is COc1cc(C)c(C(CCO)c2ccccc2)cc1C. The summed E-state index contributed by atoms with van der Waals surface area (Å²) < 4.78 is 5.38. The summed E-state index contributed by atoms with van der Waals surface area (Å²) in [6.45, 7) is 4.34. The molecule has 1 atom stereocenters. The quantitative estimate of drug-likeness (QED) is 0.894. The van der Waals surface area contributed by atoms with Crippen LogP contribution in [0.5, 0.6) is 5.75 Å². The summed E-state index contributed by atoms with van der Waals surface area (Å²) in [6.07, 6.45) is 0.733. The highest BCUT2D eigenvalue weighted by Gasteiger charge is 2.17. The van der Waals surface area contributed by atoms with Gasteiger partial charge in [0.25, 0.3) is 0 Å². The first kappa shape index (κ1) is 14.6. The molecule has 2 aromatic rings. The van der Waals surface area contributed by atoms with Crippen molar-refractivity contribution in [3.05, 3.63) is 64.7 Å². The predicted octanol–water partition coefficient (Wildman–Crippen LogP) is 3.83. The van der Waals surface area contributed by atoms with Crippen molar-refractivity contribution in [2.75, 3.05) is 13.7 Å². The molecule has 0 bridgehead atoms. The van der Waals surface area contributed by atoms with Crippen molar-refractivity contribution in [2.24, 2.45) is 0 Å². The zero-order valence-corrected chi connectivity index (χ0v) is 12.4. The second-order valence-electron chi connectivity index (χ2n) is 5.15. The highest BCUT2D eigenvalue weighted by Crippen LogP contribution is 2.33. The van der Waals surface area contributed by atoms with Gasteiger partial charge in [0.15, 0.2) is 0 Å². The summed E-state index contributed by atoms with van der Waals surface area (Å²) >= 11 is 0. The molecule has 2 heteroatoms. The largest absolute Gasteiger partial charge is 0.496 e. The Morgan fingerprint density at radius 2 is 1.75 bits per heavy atom. The molecule has 0 fully saturated rings. The van der Waals surface area contributed by atoms with Crippen molar-refractivity contribution >= 4 is 0 Å². The van der Waals surface area contributed by atoms with E-state index in [4.69, 9.17) is 4.74 Å². The standard InChI is InChI=1S/C18H22O2/c1-13-12-18(20-3)14(2)11-17(13)16(9-10-19)15-7-5-4-6-8-15/h4-8,11-12,16,19H,9-10H2,1-3H3. The van der Waals surface area contributed by atoms with Gasteiger partial charge in [0.2, 0.25) is 0 Å². The molecule has 0 aliphatic heterocycles.